The number of hydrogen-bond acceptors (Lipinski definition) is 1. The fourth-order valence-electron chi connectivity index (χ4n) is 0.825. The van der Waals surface area contributed by atoms with Crippen LogP contribution in [0.3, 0.4) is 0 Å². The second-order valence-electron chi connectivity index (χ2n) is 2.73. The van der Waals surface area contributed by atoms with Gasteiger partial charge in [-0.05, 0) is 25.1 Å². The smallest absolute Gasteiger partial charge is 0.242 e. The molecule has 0 radical (unpaired) electrons. The molecule has 1 amide bonds. The Bertz CT molecular complexity index is 355. The first-order chi connectivity index (χ1) is 6.50. The average Bonchev–Trinajstić information content (AvgIpc) is 2.11. The molecule has 0 saturated heterocycles. The Hall–Kier alpha value is -0.800. The molecule has 0 heterocycles. The van der Waals surface area contributed by atoms with E-state index in [9.17, 15) is 9.18 Å². The van der Waals surface area contributed by atoms with E-state index in [-0.39, 0.29) is 5.69 Å². The number of alkyl halides is 1. The third-order valence-electron chi connectivity index (χ3n) is 1.55. The van der Waals surface area contributed by atoms with Crippen molar-refractivity contribution in [2.75, 3.05) is 5.32 Å². The Balaban J connectivity index is 2.86. The molecular formula is C9H8Cl2FNO. The van der Waals surface area contributed by atoms with E-state index in [1.54, 1.807) is 0 Å². The van der Waals surface area contributed by atoms with Crippen LogP contribution in [0.4, 0.5) is 10.1 Å². The van der Waals surface area contributed by atoms with Crippen molar-refractivity contribution < 1.29 is 9.18 Å². The Morgan fingerprint density at radius 3 is 2.79 bits per heavy atom. The second kappa shape index (κ2) is 4.62. The van der Waals surface area contributed by atoms with Gasteiger partial charge in [-0.15, -0.1) is 11.6 Å². The predicted molar refractivity (Wildman–Crippen MR) is 55.4 cm³/mol. The molecule has 0 aliphatic heterocycles. The average molecular weight is 236 g/mol. The first-order valence-electron chi connectivity index (χ1n) is 3.90. The highest BCUT2D eigenvalue weighted by atomic mass is 35.5. The van der Waals surface area contributed by atoms with E-state index in [0.717, 1.165) is 0 Å². The molecule has 0 saturated carbocycles. The van der Waals surface area contributed by atoms with Crippen molar-refractivity contribution >= 4 is 34.8 Å². The summed E-state index contributed by atoms with van der Waals surface area (Å²) in [5.74, 6) is -1.01. The van der Waals surface area contributed by atoms with Crippen molar-refractivity contribution in [1.82, 2.24) is 0 Å². The van der Waals surface area contributed by atoms with Gasteiger partial charge in [0.05, 0.1) is 5.69 Å². The highest BCUT2D eigenvalue weighted by molar-refractivity contribution is 6.32. The minimum Gasteiger partial charge on any atom is -0.322 e. The molecule has 1 rings (SSSR count). The quantitative estimate of drug-likeness (QED) is 0.785. The van der Waals surface area contributed by atoms with Crippen molar-refractivity contribution in [3.05, 3.63) is 29.0 Å². The van der Waals surface area contributed by atoms with Gasteiger partial charge in [0.2, 0.25) is 5.91 Å². The van der Waals surface area contributed by atoms with Crippen molar-refractivity contribution in [1.29, 1.82) is 0 Å². The summed E-state index contributed by atoms with van der Waals surface area (Å²) in [7, 11) is 0. The van der Waals surface area contributed by atoms with Crippen LogP contribution in [-0.4, -0.2) is 11.3 Å². The van der Waals surface area contributed by atoms with Crippen LogP contribution >= 0.6 is 23.2 Å². The van der Waals surface area contributed by atoms with Crippen molar-refractivity contribution in [2.45, 2.75) is 12.3 Å². The third-order valence-corrected chi connectivity index (χ3v) is 1.98. The number of carbonyl (C=O) groups excluding carboxylic acids is 1. The standard InChI is InChI=1S/C9H8Cl2FNO/c1-5(10)9(14)13-8-4-6(11)2-3-7(8)12/h2-5H,1H3,(H,13,14)/t5-/m1/s1. The van der Waals surface area contributed by atoms with Gasteiger partial charge in [0, 0.05) is 5.02 Å². The van der Waals surface area contributed by atoms with Crippen LogP contribution in [-0.2, 0) is 4.79 Å². The SMILES string of the molecule is C[C@@H](Cl)C(=O)Nc1cc(Cl)ccc1F. The molecule has 1 aromatic carbocycles. The lowest BCUT2D eigenvalue weighted by Crippen LogP contribution is -2.20. The number of carbonyl (C=O) groups is 1. The number of halogens is 3. The van der Waals surface area contributed by atoms with Gasteiger partial charge in [0.25, 0.3) is 0 Å². The van der Waals surface area contributed by atoms with Crippen LogP contribution in [0.1, 0.15) is 6.92 Å². The van der Waals surface area contributed by atoms with Gasteiger partial charge in [-0.25, -0.2) is 4.39 Å². The van der Waals surface area contributed by atoms with Crippen molar-refractivity contribution in [3.63, 3.8) is 0 Å². The summed E-state index contributed by atoms with van der Waals surface area (Å²) < 4.78 is 13.1. The van der Waals surface area contributed by atoms with Gasteiger partial charge in [-0.2, -0.15) is 0 Å². The summed E-state index contributed by atoms with van der Waals surface area (Å²) in [6.45, 7) is 1.50. The lowest BCUT2D eigenvalue weighted by atomic mass is 10.3. The zero-order valence-electron chi connectivity index (χ0n) is 7.35. The summed E-state index contributed by atoms with van der Waals surface area (Å²) in [5, 5.41) is 1.96. The maximum atomic E-state index is 13.1. The Kier molecular flexibility index (Phi) is 3.72. The lowest BCUT2D eigenvalue weighted by molar-refractivity contribution is -0.115. The van der Waals surface area contributed by atoms with Gasteiger partial charge < -0.3 is 5.32 Å². The molecule has 0 spiro atoms. The van der Waals surface area contributed by atoms with E-state index in [4.69, 9.17) is 23.2 Å². The van der Waals surface area contributed by atoms with Crippen LogP contribution < -0.4 is 5.32 Å². The van der Waals surface area contributed by atoms with E-state index >= 15 is 0 Å². The molecule has 76 valence electrons. The maximum absolute atomic E-state index is 13.1. The zero-order valence-corrected chi connectivity index (χ0v) is 8.86. The minimum atomic E-state index is -0.714. The van der Waals surface area contributed by atoms with Gasteiger partial charge >= 0.3 is 0 Å². The molecule has 0 unspecified atom stereocenters. The fourth-order valence-corrected chi connectivity index (χ4v) is 1.05. The predicted octanol–water partition coefficient (Wildman–Crippen LogP) is 3.04. The molecule has 0 fully saturated rings. The first-order valence-corrected chi connectivity index (χ1v) is 4.72. The molecule has 1 atom stereocenters. The first kappa shape index (κ1) is 11.3. The molecule has 2 nitrogen and oxygen atoms in total. The number of rotatable bonds is 2. The van der Waals surface area contributed by atoms with Gasteiger partial charge in [0.15, 0.2) is 0 Å². The summed E-state index contributed by atoms with van der Waals surface area (Å²) in [5.41, 5.74) is 0.0370. The van der Waals surface area contributed by atoms with E-state index in [0.29, 0.717) is 5.02 Å². The molecule has 14 heavy (non-hydrogen) atoms. The van der Waals surface area contributed by atoms with E-state index in [1.807, 2.05) is 0 Å². The van der Waals surface area contributed by atoms with E-state index in [2.05, 4.69) is 5.32 Å². The Morgan fingerprint density at radius 1 is 1.57 bits per heavy atom. The summed E-state index contributed by atoms with van der Waals surface area (Å²) in [6.07, 6.45) is 0. The monoisotopic (exact) mass is 235 g/mol. The molecule has 1 aromatic rings. The Labute approximate surface area is 91.0 Å². The topological polar surface area (TPSA) is 29.1 Å². The number of benzene rings is 1. The number of anilines is 1. The van der Waals surface area contributed by atoms with Crippen LogP contribution in [0.25, 0.3) is 0 Å². The minimum absolute atomic E-state index is 0.0370. The van der Waals surface area contributed by atoms with Gasteiger partial charge in [-0.3, -0.25) is 4.79 Å². The fraction of sp³-hybridized carbons (Fsp3) is 0.222. The largest absolute Gasteiger partial charge is 0.322 e. The third kappa shape index (κ3) is 2.86. The summed E-state index contributed by atoms with van der Waals surface area (Å²) in [4.78, 5) is 11.1. The number of nitrogens with one attached hydrogen (secondary N) is 1. The highest BCUT2D eigenvalue weighted by Gasteiger charge is 2.11. The number of amides is 1. The second-order valence-corrected chi connectivity index (χ2v) is 3.82. The van der Waals surface area contributed by atoms with Crippen molar-refractivity contribution in [3.8, 4) is 0 Å². The molecule has 0 aliphatic rings. The Morgan fingerprint density at radius 2 is 2.21 bits per heavy atom. The molecule has 0 aromatic heterocycles. The molecule has 0 aliphatic carbocycles. The van der Waals surface area contributed by atoms with Gasteiger partial charge in [-0.1, -0.05) is 11.6 Å². The van der Waals surface area contributed by atoms with E-state index < -0.39 is 17.1 Å². The van der Waals surface area contributed by atoms with Gasteiger partial charge in [0.1, 0.15) is 11.2 Å². The normalized spacial score (nSPS) is 12.3. The summed E-state index contributed by atoms with van der Waals surface area (Å²) >= 11 is 11.1. The maximum Gasteiger partial charge on any atom is 0.242 e. The lowest BCUT2D eigenvalue weighted by Gasteiger charge is -2.07. The summed E-state index contributed by atoms with van der Waals surface area (Å²) in [6, 6.07) is 3.90. The molecular weight excluding hydrogens is 228 g/mol. The molecule has 5 heteroatoms. The molecule has 1 N–H and O–H groups in total. The van der Waals surface area contributed by atoms with E-state index in [1.165, 1.54) is 25.1 Å². The zero-order chi connectivity index (χ0) is 10.7. The van der Waals surface area contributed by atoms with Crippen LogP contribution in [0, 0.1) is 5.82 Å². The molecule has 0 bridgehead atoms. The van der Waals surface area contributed by atoms with Crippen LogP contribution in [0.2, 0.25) is 5.02 Å². The number of hydrogen-bond donors (Lipinski definition) is 1. The highest BCUT2D eigenvalue weighted by Crippen LogP contribution is 2.19. The van der Waals surface area contributed by atoms with Crippen LogP contribution in [0.5, 0.6) is 0 Å². The van der Waals surface area contributed by atoms with Crippen LogP contribution in [0.15, 0.2) is 18.2 Å². The van der Waals surface area contributed by atoms with Crippen molar-refractivity contribution in [2.24, 2.45) is 0 Å².